The van der Waals surface area contributed by atoms with E-state index >= 15 is 0 Å². The fraction of sp³-hybridized carbons (Fsp3) is 0.455. The number of anilines is 2. The van der Waals surface area contributed by atoms with E-state index in [1.807, 2.05) is 13.8 Å². The highest BCUT2D eigenvalue weighted by Crippen LogP contribution is 2.23. The summed E-state index contributed by atoms with van der Waals surface area (Å²) in [5.41, 5.74) is 5.99. The number of nitrogen functional groups attached to an aromatic ring is 1. The molecule has 15 heavy (non-hydrogen) atoms. The molecule has 0 saturated heterocycles. The van der Waals surface area contributed by atoms with Gasteiger partial charge in [0.2, 0.25) is 0 Å². The molecular formula is C11H17FN2O. The highest BCUT2D eigenvalue weighted by Gasteiger charge is 2.16. The molecule has 0 aliphatic heterocycles. The van der Waals surface area contributed by atoms with Crippen molar-refractivity contribution in [2.45, 2.75) is 13.8 Å². The fourth-order valence-corrected chi connectivity index (χ4v) is 1.08. The van der Waals surface area contributed by atoms with Crippen molar-refractivity contribution in [1.29, 1.82) is 0 Å². The van der Waals surface area contributed by atoms with Crippen molar-refractivity contribution in [2.75, 3.05) is 24.2 Å². The van der Waals surface area contributed by atoms with Gasteiger partial charge in [-0.1, -0.05) is 19.9 Å². The maximum atomic E-state index is 13.1. The molecule has 0 unspecified atom stereocenters. The number of nitrogens with one attached hydrogen (secondary N) is 1. The van der Waals surface area contributed by atoms with Gasteiger partial charge in [-0.25, -0.2) is 4.39 Å². The first-order valence-corrected chi connectivity index (χ1v) is 4.85. The van der Waals surface area contributed by atoms with Gasteiger partial charge in [-0.05, 0) is 12.1 Å². The summed E-state index contributed by atoms with van der Waals surface area (Å²) < 4.78 is 13.1. The second-order valence-electron chi connectivity index (χ2n) is 4.38. The van der Waals surface area contributed by atoms with E-state index in [2.05, 4.69) is 5.32 Å². The Kier molecular flexibility index (Phi) is 3.52. The number of nitrogens with two attached hydrogens (primary N) is 1. The van der Waals surface area contributed by atoms with Gasteiger partial charge in [-0.15, -0.1) is 0 Å². The first-order chi connectivity index (χ1) is 6.96. The van der Waals surface area contributed by atoms with Crippen LogP contribution in [-0.4, -0.2) is 18.3 Å². The number of para-hydroxylation sites is 1. The molecule has 0 aromatic heterocycles. The Morgan fingerprint density at radius 3 is 2.73 bits per heavy atom. The van der Waals surface area contributed by atoms with Gasteiger partial charge in [0.1, 0.15) is 5.82 Å². The summed E-state index contributed by atoms with van der Waals surface area (Å²) in [5.74, 6) is -0.429. The van der Waals surface area contributed by atoms with Crippen LogP contribution in [0.1, 0.15) is 13.8 Å². The molecule has 0 radical (unpaired) electrons. The second kappa shape index (κ2) is 4.49. The highest BCUT2D eigenvalue weighted by atomic mass is 19.1. The normalized spacial score (nSPS) is 11.5. The average Bonchev–Trinajstić information content (AvgIpc) is 2.20. The third-order valence-electron chi connectivity index (χ3n) is 2.24. The number of hydrogen-bond donors (Lipinski definition) is 3. The van der Waals surface area contributed by atoms with Crippen LogP contribution in [0.3, 0.4) is 0 Å². The van der Waals surface area contributed by atoms with E-state index < -0.39 is 5.82 Å². The van der Waals surface area contributed by atoms with Gasteiger partial charge < -0.3 is 16.2 Å². The largest absolute Gasteiger partial charge is 0.396 e. The highest BCUT2D eigenvalue weighted by molar-refractivity contribution is 5.66. The molecule has 0 aliphatic rings. The van der Waals surface area contributed by atoms with E-state index in [0.29, 0.717) is 12.2 Å². The molecule has 4 N–H and O–H groups in total. The monoisotopic (exact) mass is 212 g/mol. The zero-order chi connectivity index (χ0) is 11.5. The van der Waals surface area contributed by atoms with Gasteiger partial charge in [-0.2, -0.15) is 0 Å². The van der Waals surface area contributed by atoms with Crippen LogP contribution >= 0.6 is 0 Å². The lowest BCUT2D eigenvalue weighted by molar-refractivity contribution is 0.171. The van der Waals surface area contributed by atoms with Crippen LogP contribution in [0.15, 0.2) is 18.2 Å². The summed E-state index contributed by atoms with van der Waals surface area (Å²) >= 11 is 0. The number of hydrogen-bond acceptors (Lipinski definition) is 3. The molecule has 1 rings (SSSR count). The maximum Gasteiger partial charge on any atom is 0.148 e. The number of benzene rings is 1. The minimum atomic E-state index is -0.429. The van der Waals surface area contributed by atoms with E-state index in [0.717, 1.165) is 0 Å². The van der Waals surface area contributed by atoms with Crippen molar-refractivity contribution in [2.24, 2.45) is 5.41 Å². The standard InChI is InChI=1S/C11H17FN2O/c1-11(2,7-15)6-14-9-5-3-4-8(12)10(9)13/h3-5,14-15H,6-7,13H2,1-2H3. The smallest absolute Gasteiger partial charge is 0.148 e. The molecule has 0 bridgehead atoms. The SMILES string of the molecule is CC(C)(CO)CNc1cccc(F)c1N. The van der Waals surface area contributed by atoms with Crippen molar-refractivity contribution in [3.8, 4) is 0 Å². The van der Waals surface area contributed by atoms with E-state index in [1.54, 1.807) is 12.1 Å². The van der Waals surface area contributed by atoms with Gasteiger partial charge >= 0.3 is 0 Å². The predicted octanol–water partition coefficient (Wildman–Crippen LogP) is 1.84. The third-order valence-corrected chi connectivity index (χ3v) is 2.24. The molecule has 0 atom stereocenters. The maximum absolute atomic E-state index is 13.1. The Hall–Kier alpha value is -1.29. The first-order valence-electron chi connectivity index (χ1n) is 4.85. The van der Waals surface area contributed by atoms with Crippen molar-refractivity contribution in [3.05, 3.63) is 24.0 Å². The summed E-state index contributed by atoms with van der Waals surface area (Å²) in [6, 6.07) is 4.63. The predicted molar refractivity (Wildman–Crippen MR) is 60.2 cm³/mol. The molecule has 0 saturated carbocycles. The molecule has 3 nitrogen and oxygen atoms in total. The molecule has 84 valence electrons. The average molecular weight is 212 g/mol. The Bertz CT molecular complexity index is 339. The van der Waals surface area contributed by atoms with Crippen LogP contribution in [0.25, 0.3) is 0 Å². The van der Waals surface area contributed by atoms with E-state index in [1.165, 1.54) is 6.07 Å². The summed E-state index contributed by atoms with van der Waals surface area (Å²) in [4.78, 5) is 0. The summed E-state index contributed by atoms with van der Waals surface area (Å²) in [5, 5.41) is 12.1. The van der Waals surface area contributed by atoms with Crippen molar-refractivity contribution in [1.82, 2.24) is 0 Å². The number of aliphatic hydroxyl groups is 1. The van der Waals surface area contributed by atoms with E-state index in [-0.39, 0.29) is 17.7 Å². The molecule has 1 aromatic carbocycles. The van der Waals surface area contributed by atoms with Crippen LogP contribution in [-0.2, 0) is 0 Å². The minimum absolute atomic E-state index is 0.0647. The molecule has 0 heterocycles. The molecule has 0 aliphatic carbocycles. The van der Waals surface area contributed by atoms with Gasteiger partial charge in [0.15, 0.2) is 0 Å². The van der Waals surface area contributed by atoms with Crippen LogP contribution in [0, 0.1) is 11.2 Å². The zero-order valence-corrected chi connectivity index (χ0v) is 9.05. The zero-order valence-electron chi connectivity index (χ0n) is 9.05. The number of aliphatic hydroxyl groups excluding tert-OH is 1. The molecule has 0 fully saturated rings. The summed E-state index contributed by atoms with van der Waals surface area (Å²) in [7, 11) is 0. The third kappa shape index (κ3) is 3.09. The molecule has 4 heteroatoms. The van der Waals surface area contributed by atoms with Gasteiger partial charge in [0.05, 0.1) is 11.4 Å². The molecule has 0 spiro atoms. The Balaban J connectivity index is 2.70. The first kappa shape index (κ1) is 11.8. The van der Waals surface area contributed by atoms with E-state index in [9.17, 15) is 4.39 Å². The summed E-state index contributed by atoms with van der Waals surface area (Å²) in [6.45, 7) is 4.43. The number of halogens is 1. The summed E-state index contributed by atoms with van der Waals surface area (Å²) in [6.07, 6.45) is 0. The number of rotatable bonds is 4. The molecule has 0 amide bonds. The lowest BCUT2D eigenvalue weighted by Gasteiger charge is -2.23. The Morgan fingerprint density at radius 2 is 2.13 bits per heavy atom. The van der Waals surface area contributed by atoms with Crippen molar-refractivity contribution < 1.29 is 9.50 Å². The quantitative estimate of drug-likeness (QED) is 0.667. The van der Waals surface area contributed by atoms with Crippen LogP contribution < -0.4 is 11.1 Å². The van der Waals surface area contributed by atoms with Crippen molar-refractivity contribution in [3.63, 3.8) is 0 Å². The topological polar surface area (TPSA) is 58.3 Å². The lowest BCUT2D eigenvalue weighted by Crippen LogP contribution is -2.27. The lowest BCUT2D eigenvalue weighted by atomic mass is 9.95. The van der Waals surface area contributed by atoms with Gasteiger partial charge in [-0.3, -0.25) is 0 Å². The Morgan fingerprint density at radius 1 is 1.47 bits per heavy atom. The van der Waals surface area contributed by atoms with Gasteiger partial charge in [0, 0.05) is 18.6 Å². The van der Waals surface area contributed by atoms with Crippen LogP contribution in [0.4, 0.5) is 15.8 Å². The Labute approximate surface area is 89.1 Å². The van der Waals surface area contributed by atoms with Crippen LogP contribution in [0.2, 0.25) is 0 Å². The van der Waals surface area contributed by atoms with E-state index in [4.69, 9.17) is 10.8 Å². The van der Waals surface area contributed by atoms with Gasteiger partial charge in [0.25, 0.3) is 0 Å². The minimum Gasteiger partial charge on any atom is -0.396 e. The molecule has 1 aromatic rings. The second-order valence-corrected chi connectivity index (χ2v) is 4.38. The molecular weight excluding hydrogens is 195 g/mol. The van der Waals surface area contributed by atoms with Crippen molar-refractivity contribution >= 4 is 11.4 Å². The van der Waals surface area contributed by atoms with Crippen LogP contribution in [0.5, 0.6) is 0 Å². The fourth-order valence-electron chi connectivity index (χ4n) is 1.08.